The minimum atomic E-state index is 0.140. The smallest absolute Gasteiger partial charge is 0.227 e. The third kappa shape index (κ3) is 4.19. The Morgan fingerprint density at radius 2 is 2.05 bits per heavy atom. The molecule has 1 saturated heterocycles. The Bertz CT molecular complexity index is 477. The van der Waals surface area contributed by atoms with Crippen LogP contribution in [0.3, 0.4) is 0 Å². The Hall–Kier alpha value is -1.62. The fourth-order valence-corrected chi connectivity index (χ4v) is 3.21. The van der Waals surface area contributed by atoms with E-state index in [4.69, 9.17) is 4.74 Å². The summed E-state index contributed by atoms with van der Waals surface area (Å²) in [5, 5.41) is 6.26. The van der Waals surface area contributed by atoms with Crippen molar-refractivity contribution in [1.82, 2.24) is 4.98 Å². The summed E-state index contributed by atoms with van der Waals surface area (Å²) in [6.45, 7) is 1.66. The van der Waals surface area contributed by atoms with E-state index in [0.29, 0.717) is 6.10 Å². The van der Waals surface area contributed by atoms with Crippen LogP contribution in [0, 0.1) is 5.92 Å². The monoisotopic (exact) mass is 303 g/mol. The Balaban J connectivity index is 1.47. The highest BCUT2D eigenvalue weighted by Crippen LogP contribution is 2.25. The molecule has 2 aliphatic rings. The lowest BCUT2D eigenvalue weighted by atomic mass is 9.88. The molecule has 0 spiro atoms. The summed E-state index contributed by atoms with van der Waals surface area (Å²) in [4.78, 5) is 16.5. The zero-order chi connectivity index (χ0) is 15.2. The van der Waals surface area contributed by atoms with Crippen molar-refractivity contribution < 1.29 is 9.53 Å². The van der Waals surface area contributed by atoms with Gasteiger partial charge in [-0.3, -0.25) is 4.79 Å². The molecule has 120 valence electrons. The summed E-state index contributed by atoms with van der Waals surface area (Å²) in [7, 11) is 0. The lowest BCUT2D eigenvalue weighted by molar-refractivity contribution is -0.120. The zero-order valence-electron chi connectivity index (χ0n) is 13.0. The molecule has 3 rings (SSSR count). The van der Waals surface area contributed by atoms with Gasteiger partial charge < -0.3 is 15.4 Å². The molecule has 1 aliphatic carbocycles. The van der Waals surface area contributed by atoms with Gasteiger partial charge in [0, 0.05) is 19.1 Å². The fourth-order valence-electron chi connectivity index (χ4n) is 3.21. The van der Waals surface area contributed by atoms with Gasteiger partial charge in [-0.25, -0.2) is 4.98 Å². The molecule has 1 aliphatic heterocycles. The van der Waals surface area contributed by atoms with Gasteiger partial charge in [0.1, 0.15) is 5.82 Å². The molecule has 2 N–H and O–H groups in total. The molecule has 5 nitrogen and oxygen atoms in total. The molecule has 1 aromatic rings. The second-order valence-corrected chi connectivity index (χ2v) is 6.27. The highest BCUT2D eigenvalue weighted by molar-refractivity contribution is 5.92. The maximum Gasteiger partial charge on any atom is 0.227 e. The molecule has 0 radical (unpaired) electrons. The number of nitrogens with one attached hydrogen (secondary N) is 2. The lowest BCUT2D eigenvalue weighted by Crippen LogP contribution is -2.24. The number of hydrogen-bond donors (Lipinski definition) is 2. The minimum absolute atomic E-state index is 0.140. The average Bonchev–Trinajstić information content (AvgIpc) is 3.08. The first-order valence-electron chi connectivity index (χ1n) is 8.43. The first kappa shape index (κ1) is 15.3. The number of rotatable bonds is 5. The summed E-state index contributed by atoms with van der Waals surface area (Å²) in [6, 6.07) is 3.82. The van der Waals surface area contributed by atoms with E-state index >= 15 is 0 Å². The second kappa shape index (κ2) is 7.58. The number of aromatic nitrogens is 1. The van der Waals surface area contributed by atoms with Gasteiger partial charge in [-0.15, -0.1) is 0 Å². The van der Waals surface area contributed by atoms with Gasteiger partial charge in [-0.1, -0.05) is 19.3 Å². The van der Waals surface area contributed by atoms with Crippen LogP contribution in [0.15, 0.2) is 18.3 Å². The summed E-state index contributed by atoms with van der Waals surface area (Å²) >= 11 is 0. The largest absolute Gasteiger partial charge is 0.376 e. The van der Waals surface area contributed by atoms with Gasteiger partial charge in [0.05, 0.1) is 18.0 Å². The van der Waals surface area contributed by atoms with E-state index in [9.17, 15) is 4.79 Å². The molecule has 1 saturated carbocycles. The number of carbonyl (C=O) groups excluding carboxylic acids is 1. The van der Waals surface area contributed by atoms with Crippen LogP contribution in [0.2, 0.25) is 0 Å². The van der Waals surface area contributed by atoms with E-state index in [0.717, 1.165) is 50.3 Å². The van der Waals surface area contributed by atoms with Gasteiger partial charge in [0.25, 0.3) is 0 Å². The molecule has 5 heteroatoms. The van der Waals surface area contributed by atoms with Crippen LogP contribution < -0.4 is 10.6 Å². The first-order valence-corrected chi connectivity index (χ1v) is 8.43. The molecule has 0 aromatic carbocycles. The van der Waals surface area contributed by atoms with E-state index in [1.54, 1.807) is 6.20 Å². The standard InChI is InChI=1S/C17H25N3O2/c21-17(13-5-2-1-3-6-13)20-14-8-9-16(18-11-14)19-12-15-7-4-10-22-15/h8-9,11,13,15H,1-7,10,12H2,(H,18,19)(H,20,21). The van der Waals surface area contributed by atoms with Crippen LogP contribution in [0.4, 0.5) is 11.5 Å². The fraction of sp³-hybridized carbons (Fsp3) is 0.647. The SMILES string of the molecule is O=C(Nc1ccc(NCC2CCCO2)nc1)C1CCCCC1. The van der Waals surface area contributed by atoms with E-state index < -0.39 is 0 Å². The van der Waals surface area contributed by atoms with Crippen molar-refractivity contribution in [2.45, 2.75) is 51.0 Å². The molecule has 22 heavy (non-hydrogen) atoms. The minimum Gasteiger partial charge on any atom is -0.376 e. The Kier molecular flexibility index (Phi) is 5.27. The molecular formula is C17H25N3O2. The van der Waals surface area contributed by atoms with Crippen molar-refractivity contribution in [2.75, 3.05) is 23.8 Å². The van der Waals surface area contributed by atoms with Crippen molar-refractivity contribution in [2.24, 2.45) is 5.92 Å². The average molecular weight is 303 g/mol. The topological polar surface area (TPSA) is 63.2 Å². The van der Waals surface area contributed by atoms with Crippen LogP contribution in [0.5, 0.6) is 0 Å². The number of carbonyl (C=O) groups is 1. The van der Waals surface area contributed by atoms with E-state index in [1.165, 1.54) is 19.3 Å². The molecule has 1 amide bonds. The van der Waals surface area contributed by atoms with Crippen LogP contribution >= 0.6 is 0 Å². The summed E-state index contributed by atoms with van der Waals surface area (Å²) in [6.07, 6.45) is 9.90. The van der Waals surface area contributed by atoms with Gasteiger partial charge in [0.15, 0.2) is 0 Å². The number of ether oxygens (including phenoxy) is 1. The third-order valence-electron chi connectivity index (χ3n) is 4.54. The molecule has 1 atom stereocenters. The van der Waals surface area contributed by atoms with Crippen molar-refractivity contribution in [3.63, 3.8) is 0 Å². The first-order chi connectivity index (χ1) is 10.8. The van der Waals surface area contributed by atoms with Gasteiger partial charge >= 0.3 is 0 Å². The summed E-state index contributed by atoms with van der Waals surface area (Å²) < 4.78 is 5.57. The molecule has 2 heterocycles. The number of pyridine rings is 1. The molecule has 0 bridgehead atoms. The molecule has 1 unspecified atom stereocenters. The Labute approximate surface area is 131 Å². The maximum absolute atomic E-state index is 12.2. The molecule has 1 aromatic heterocycles. The predicted molar refractivity (Wildman–Crippen MR) is 86.9 cm³/mol. The number of amides is 1. The quantitative estimate of drug-likeness (QED) is 0.877. The normalized spacial score (nSPS) is 22.5. The number of nitrogens with zero attached hydrogens (tertiary/aromatic N) is 1. The van der Waals surface area contributed by atoms with Gasteiger partial charge in [-0.05, 0) is 37.8 Å². The number of hydrogen-bond acceptors (Lipinski definition) is 4. The summed E-state index contributed by atoms with van der Waals surface area (Å²) in [5.74, 6) is 1.14. The maximum atomic E-state index is 12.2. The van der Waals surface area contributed by atoms with Crippen molar-refractivity contribution >= 4 is 17.4 Å². The van der Waals surface area contributed by atoms with E-state index in [2.05, 4.69) is 15.6 Å². The zero-order valence-corrected chi connectivity index (χ0v) is 13.0. The lowest BCUT2D eigenvalue weighted by Gasteiger charge is -2.20. The van der Waals surface area contributed by atoms with Crippen LogP contribution in [0.1, 0.15) is 44.9 Å². The van der Waals surface area contributed by atoms with Crippen LogP contribution in [-0.2, 0) is 9.53 Å². The Morgan fingerprint density at radius 1 is 1.18 bits per heavy atom. The third-order valence-corrected chi connectivity index (χ3v) is 4.54. The summed E-state index contributed by atoms with van der Waals surface area (Å²) in [5.41, 5.74) is 0.776. The number of anilines is 2. The van der Waals surface area contributed by atoms with E-state index in [-0.39, 0.29) is 11.8 Å². The van der Waals surface area contributed by atoms with Gasteiger partial charge in [-0.2, -0.15) is 0 Å². The van der Waals surface area contributed by atoms with Crippen LogP contribution in [0.25, 0.3) is 0 Å². The highest BCUT2D eigenvalue weighted by Gasteiger charge is 2.21. The predicted octanol–water partition coefficient (Wildman–Crippen LogP) is 3.19. The van der Waals surface area contributed by atoms with Crippen molar-refractivity contribution in [1.29, 1.82) is 0 Å². The molecule has 2 fully saturated rings. The highest BCUT2D eigenvalue weighted by atomic mass is 16.5. The van der Waals surface area contributed by atoms with Crippen LogP contribution in [-0.4, -0.2) is 30.1 Å². The van der Waals surface area contributed by atoms with Gasteiger partial charge in [0.2, 0.25) is 5.91 Å². The second-order valence-electron chi connectivity index (χ2n) is 6.27. The van der Waals surface area contributed by atoms with Crippen molar-refractivity contribution in [3.8, 4) is 0 Å². The Morgan fingerprint density at radius 3 is 2.73 bits per heavy atom. The van der Waals surface area contributed by atoms with E-state index in [1.807, 2.05) is 12.1 Å². The molecular weight excluding hydrogens is 278 g/mol. The van der Waals surface area contributed by atoms with Crippen molar-refractivity contribution in [3.05, 3.63) is 18.3 Å².